The molecule has 0 bridgehead atoms. The number of para-hydroxylation sites is 2. The highest BCUT2D eigenvalue weighted by Crippen LogP contribution is 2.31. The lowest BCUT2D eigenvalue weighted by Gasteiger charge is -2.24. The molecule has 0 unspecified atom stereocenters. The molecule has 9 heteroatoms. The second kappa shape index (κ2) is 11.1. The van der Waals surface area contributed by atoms with Crippen LogP contribution < -0.4 is 20.1 Å². The van der Waals surface area contributed by atoms with Crippen molar-refractivity contribution in [2.45, 2.75) is 20.4 Å². The summed E-state index contributed by atoms with van der Waals surface area (Å²) in [5.74, 6) is 0.443. The Morgan fingerprint density at radius 1 is 1.00 bits per heavy atom. The number of hydrogen-bond acceptors (Lipinski definition) is 6. The average Bonchev–Trinajstić information content (AvgIpc) is 2.77. The number of aromatic hydroxyl groups is 1. The SMILES string of the molecule is Cc1cc(O)c(CN2CCNC(=O)COc3ccccc3OCC(=O)NCC2)c(C)c1Cl. The molecule has 0 aromatic heterocycles. The number of aryl methyl sites for hydroxylation is 1. The third-order valence-electron chi connectivity index (χ3n) is 5.24. The van der Waals surface area contributed by atoms with Crippen molar-refractivity contribution in [3.8, 4) is 17.2 Å². The highest BCUT2D eigenvalue weighted by molar-refractivity contribution is 6.32. The monoisotopic (exact) mass is 461 g/mol. The van der Waals surface area contributed by atoms with Gasteiger partial charge in [0.15, 0.2) is 24.7 Å². The third kappa shape index (κ3) is 6.27. The summed E-state index contributed by atoms with van der Waals surface area (Å²) in [6.45, 7) is 5.59. The average molecular weight is 462 g/mol. The molecule has 0 saturated carbocycles. The number of amides is 2. The first-order valence-corrected chi connectivity index (χ1v) is 10.8. The molecule has 8 nitrogen and oxygen atoms in total. The van der Waals surface area contributed by atoms with Gasteiger partial charge in [-0.05, 0) is 43.2 Å². The summed E-state index contributed by atoms with van der Waals surface area (Å²) in [6, 6.07) is 8.54. The number of rotatable bonds is 2. The van der Waals surface area contributed by atoms with Crippen molar-refractivity contribution < 1.29 is 24.2 Å². The number of hydrogen-bond donors (Lipinski definition) is 3. The minimum atomic E-state index is -0.263. The molecule has 3 N–H and O–H groups in total. The summed E-state index contributed by atoms with van der Waals surface area (Å²) in [6.07, 6.45) is 0. The fourth-order valence-corrected chi connectivity index (χ4v) is 3.62. The largest absolute Gasteiger partial charge is 0.508 e. The lowest BCUT2D eigenvalue weighted by molar-refractivity contribution is -0.124. The summed E-state index contributed by atoms with van der Waals surface area (Å²) in [4.78, 5) is 26.5. The number of phenolic OH excluding ortho intramolecular Hbond substituents is 1. The van der Waals surface area contributed by atoms with E-state index in [0.717, 1.165) is 16.7 Å². The molecular formula is C23H28ClN3O5. The van der Waals surface area contributed by atoms with E-state index in [1.54, 1.807) is 30.3 Å². The number of nitrogens with zero attached hydrogens (tertiary/aromatic N) is 1. The van der Waals surface area contributed by atoms with Gasteiger partial charge in [-0.25, -0.2) is 0 Å². The maximum atomic E-state index is 12.2. The zero-order valence-corrected chi connectivity index (χ0v) is 19.0. The van der Waals surface area contributed by atoms with E-state index in [4.69, 9.17) is 21.1 Å². The Balaban J connectivity index is 1.71. The predicted octanol–water partition coefficient (Wildman–Crippen LogP) is 2.17. The minimum Gasteiger partial charge on any atom is -0.508 e. The Morgan fingerprint density at radius 3 is 2.06 bits per heavy atom. The first-order chi connectivity index (χ1) is 15.3. The normalized spacial score (nSPS) is 16.5. The second-order valence-electron chi connectivity index (χ2n) is 7.63. The van der Waals surface area contributed by atoms with Crippen LogP contribution in [0.15, 0.2) is 30.3 Å². The van der Waals surface area contributed by atoms with Crippen LogP contribution >= 0.6 is 11.6 Å². The van der Waals surface area contributed by atoms with E-state index in [9.17, 15) is 14.7 Å². The number of benzene rings is 2. The standard InChI is InChI=1S/C23H28ClN3O5/c1-15-11-18(28)17(16(2)23(15)24)12-27-9-7-25-21(29)13-31-19-5-3-4-6-20(19)32-14-22(30)26-8-10-27/h3-6,11,28H,7-10,12-14H2,1-2H3,(H,25,29)(H,26,30). The topological polar surface area (TPSA) is 100 Å². The summed E-state index contributed by atoms with van der Waals surface area (Å²) < 4.78 is 11.1. The van der Waals surface area contributed by atoms with E-state index in [1.165, 1.54) is 0 Å². The van der Waals surface area contributed by atoms with Gasteiger partial charge in [0.05, 0.1) is 0 Å². The van der Waals surface area contributed by atoms with E-state index in [2.05, 4.69) is 10.6 Å². The van der Waals surface area contributed by atoms with Gasteiger partial charge < -0.3 is 25.2 Å². The van der Waals surface area contributed by atoms with Gasteiger partial charge in [0.25, 0.3) is 11.8 Å². The predicted molar refractivity (Wildman–Crippen MR) is 121 cm³/mol. The van der Waals surface area contributed by atoms with Gasteiger partial charge in [-0.15, -0.1) is 0 Å². The maximum Gasteiger partial charge on any atom is 0.257 e. The number of fused-ring (bicyclic) bond motifs is 1. The summed E-state index contributed by atoms with van der Waals surface area (Å²) in [7, 11) is 0. The van der Waals surface area contributed by atoms with E-state index >= 15 is 0 Å². The van der Waals surface area contributed by atoms with Crippen molar-refractivity contribution in [1.29, 1.82) is 0 Å². The van der Waals surface area contributed by atoms with Crippen LogP contribution in [0.25, 0.3) is 0 Å². The molecule has 3 rings (SSSR count). The lowest BCUT2D eigenvalue weighted by Crippen LogP contribution is -2.40. The van der Waals surface area contributed by atoms with Crippen molar-refractivity contribution >= 4 is 23.4 Å². The molecule has 2 aromatic carbocycles. The maximum absolute atomic E-state index is 12.2. The van der Waals surface area contributed by atoms with Crippen LogP contribution in [-0.2, 0) is 16.1 Å². The number of carbonyl (C=O) groups is 2. The number of nitrogens with one attached hydrogen (secondary N) is 2. The van der Waals surface area contributed by atoms with Gasteiger partial charge in [0.1, 0.15) is 5.75 Å². The molecule has 1 heterocycles. The van der Waals surface area contributed by atoms with Crippen molar-refractivity contribution in [1.82, 2.24) is 15.5 Å². The van der Waals surface area contributed by atoms with Crippen molar-refractivity contribution in [3.63, 3.8) is 0 Å². The van der Waals surface area contributed by atoms with Crippen LogP contribution in [0.3, 0.4) is 0 Å². The highest BCUT2D eigenvalue weighted by Gasteiger charge is 2.17. The minimum absolute atomic E-state index is 0.167. The molecule has 0 atom stereocenters. The van der Waals surface area contributed by atoms with E-state index < -0.39 is 0 Å². The van der Waals surface area contributed by atoms with Gasteiger partial charge in [-0.2, -0.15) is 0 Å². The van der Waals surface area contributed by atoms with E-state index in [-0.39, 0.29) is 30.8 Å². The molecular weight excluding hydrogens is 434 g/mol. The van der Waals surface area contributed by atoms with Crippen molar-refractivity contribution in [2.24, 2.45) is 0 Å². The Labute approximate surface area is 192 Å². The lowest BCUT2D eigenvalue weighted by atomic mass is 10.0. The highest BCUT2D eigenvalue weighted by atomic mass is 35.5. The molecule has 32 heavy (non-hydrogen) atoms. The van der Waals surface area contributed by atoms with E-state index in [1.807, 2.05) is 18.7 Å². The molecule has 1 aliphatic rings. The van der Waals surface area contributed by atoms with Crippen LogP contribution in [0, 0.1) is 13.8 Å². The molecule has 2 amide bonds. The van der Waals surface area contributed by atoms with Crippen LogP contribution in [0.4, 0.5) is 0 Å². The van der Waals surface area contributed by atoms with Crippen molar-refractivity contribution in [2.75, 3.05) is 39.4 Å². The molecule has 0 spiro atoms. The number of carbonyl (C=O) groups excluding carboxylic acids is 2. The molecule has 1 aliphatic heterocycles. The number of halogens is 1. The Bertz CT molecular complexity index is 937. The zero-order valence-electron chi connectivity index (χ0n) is 18.2. The Kier molecular flexibility index (Phi) is 8.19. The van der Waals surface area contributed by atoms with Gasteiger partial charge in [-0.3, -0.25) is 14.5 Å². The number of phenols is 1. The summed E-state index contributed by atoms with van der Waals surface area (Å²) in [5, 5.41) is 16.7. The molecule has 0 saturated heterocycles. The summed E-state index contributed by atoms with van der Waals surface area (Å²) in [5.41, 5.74) is 2.34. The number of ether oxygens (including phenoxy) is 2. The smallest absolute Gasteiger partial charge is 0.257 e. The fourth-order valence-electron chi connectivity index (χ4n) is 3.45. The van der Waals surface area contributed by atoms with Gasteiger partial charge in [0, 0.05) is 43.3 Å². The third-order valence-corrected chi connectivity index (χ3v) is 5.82. The first-order valence-electron chi connectivity index (χ1n) is 10.4. The van der Waals surface area contributed by atoms with Crippen molar-refractivity contribution in [3.05, 3.63) is 52.0 Å². The fraction of sp³-hybridized carbons (Fsp3) is 0.391. The molecule has 0 radical (unpaired) electrons. The van der Waals surface area contributed by atoms with Gasteiger partial charge in [0.2, 0.25) is 0 Å². The molecule has 0 aliphatic carbocycles. The van der Waals surface area contributed by atoms with Gasteiger partial charge >= 0.3 is 0 Å². The van der Waals surface area contributed by atoms with Crippen LogP contribution in [-0.4, -0.2) is 61.2 Å². The van der Waals surface area contributed by atoms with Crippen LogP contribution in [0.2, 0.25) is 5.02 Å². The first kappa shape index (κ1) is 23.7. The Hall–Kier alpha value is -2.97. The van der Waals surface area contributed by atoms with Crippen LogP contribution in [0.5, 0.6) is 17.2 Å². The van der Waals surface area contributed by atoms with Crippen LogP contribution in [0.1, 0.15) is 16.7 Å². The quantitative estimate of drug-likeness (QED) is 0.633. The molecule has 2 aromatic rings. The molecule has 172 valence electrons. The van der Waals surface area contributed by atoms with Gasteiger partial charge in [-0.1, -0.05) is 23.7 Å². The Morgan fingerprint density at radius 2 is 1.53 bits per heavy atom. The second-order valence-corrected chi connectivity index (χ2v) is 8.01. The van der Waals surface area contributed by atoms with E-state index in [0.29, 0.717) is 49.2 Å². The molecule has 0 fully saturated rings. The summed E-state index contributed by atoms with van der Waals surface area (Å²) >= 11 is 6.37. The zero-order chi connectivity index (χ0) is 23.1.